The smallest absolute Gasteiger partial charge is 0.129 e. The second-order valence-electron chi connectivity index (χ2n) is 5.09. The maximum atomic E-state index is 9.97. The van der Waals surface area contributed by atoms with E-state index >= 15 is 0 Å². The SMILES string of the molecule is COc1ccc([C@H](C)O)c(OC2CCCCC2O)c1. The van der Waals surface area contributed by atoms with Crippen molar-refractivity contribution in [1.82, 2.24) is 0 Å². The van der Waals surface area contributed by atoms with Gasteiger partial charge in [0.05, 0.1) is 19.3 Å². The number of ether oxygens (including phenoxy) is 2. The van der Waals surface area contributed by atoms with Crippen LogP contribution in [0.4, 0.5) is 0 Å². The van der Waals surface area contributed by atoms with Gasteiger partial charge in [-0.1, -0.05) is 6.42 Å². The Bertz CT molecular complexity index is 417. The lowest BCUT2D eigenvalue weighted by atomic mass is 9.94. The Morgan fingerprint density at radius 1 is 1.26 bits per heavy atom. The maximum Gasteiger partial charge on any atom is 0.129 e. The van der Waals surface area contributed by atoms with E-state index in [0.29, 0.717) is 11.5 Å². The van der Waals surface area contributed by atoms with Crippen molar-refractivity contribution < 1.29 is 19.7 Å². The van der Waals surface area contributed by atoms with Crippen LogP contribution in [-0.4, -0.2) is 29.5 Å². The quantitative estimate of drug-likeness (QED) is 0.878. The second-order valence-corrected chi connectivity index (χ2v) is 5.09. The minimum absolute atomic E-state index is 0.196. The van der Waals surface area contributed by atoms with Gasteiger partial charge in [0.15, 0.2) is 0 Å². The van der Waals surface area contributed by atoms with E-state index in [9.17, 15) is 10.2 Å². The molecule has 0 saturated heterocycles. The van der Waals surface area contributed by atoms with Crippen LogP contribution in [-0.2, 0) is 0 Å². The largest absolute Gasteiger partial charge is 0.497 e. The molecule has 1 aliphatic carbocycles. The Kier molecular flexibility index (Phi) is 4.66. The van der Waals surface area contributed by atoms with Crippen molar-refractivity contribution in [2.45, 2.75) is 50.9 Å². The van der Waals surface area contributed by atoms with Gasteiger partial charge in [0, 0.05) is 11.6 Å². The summed E-state index contributed by atoms with van der Waals surface area (Å²) in [4.78, 5) is 0. The molecule has 0 radical (unpaired) electrons. The van der Waals surface area contributed by atoms with Crippen molar-refractivity contribution in [3.8, 4) is 11.5 Å². The van der Waals surface area contributed by atoms with Crippen LogP contribution in [0.3, 0.4) is 0 Å². The molecule has 1 fully saturated rings. The van der Waals surface area contributed by atoms with E-state index in [1.807, 2.05) is 0 Å². The van der Waals surface area contributed by atoms with E-state index in [1.54, 1.807) is 32.2 Å². The normalized spacial score (nSPS) is 24.8. The van der Waals surface area contributed by atoms with Crippen LogP contribution < -0.4 is 9.47 Å². The van der Waals surface area contributed by atoms with Gasteiger partial charge in [0.1, 0.15) is 17.6 Å². The number of benzene rings is 1. The van der Waals surface area contributed by atoms with Crippen molar-refractivity contribution in [2.24, 2.45) is 0 Å². The molecule has 1 aromatic rings. The number of methoxy groups -OCH3 is 1. The van der Waals surface area contributed by atoms with E-state index in [2.05, 4.69) is 0 Å². The van der Waals surface area contributed by atoms with Gasteiger partial charge in [-0.25, -0.2) is 0 Å². The Labute approximate surface area is 114 Å². The highest BCUT2D eigenvalue weighted by Crippen LogP contribution is 2.32. The Hall–Kier alpha value is -1.26. The Morgan fingerprint density at radius 2 is 2.00 bits per heavy atom. The summed E-state index contributed by atoms with van der Waals surface area (Å²) in [5.41, 5.74) is 0.721. The van der Waals surface area contributed by atoms with Crippen molar-refractivity contribution in [2.75, 3.05) is 7.11 Å². The molecule has 1 aliphatic rings. The Morgan fingerprint density at radius 3 is 2.63 bits per heavy atom. The fourth-order valence-electron chi connectivity index (χ4n) is 2.47. The van der Waals surface area contributed by atoms with Gasteiger partial charge in [-0.15, -0.1) is 0 Å². The van der Waals surface area contributed by atoms with Crippen LogP contribution >= 0.6 is 0 Å². The lowest BCUT2D eigenvalue weighted by Crippen LogP contribution is -2.34. The van der Waals surface area contributed by atoms with E-state index in [1.165, 1.54) is 0 Å². The predicted octanol–water partition coefficient (Wildman–Crippen LogP) is 2.43. The highest BCUT2D eigenvalue weighted by molar-refractivity contribution is 5.42. The minimum Gasteiger partial charge on any atom is -0.497 e. The lowest BCUT2D eigenvalue weighted by molar-refractivity contribution is 0.00518. The fraction of sp³-hybridized carbons (Fsp3) is 0.600. The average molecular weight is 266 g/mol. The summed E-state index contributed by atoms with van der Waals surface area (Å²) in [5, 5.41) is 19.7. The molecule has 0 amide bonds. The average Bonchev–Trinajstić information content (AvgIpc) is 2.41. The van der Waals surface area contributed by atoms with Gasteiger partial charge in [0.25, 0.3) is 0 Å². The first-order valence-corrected chi connectivity index (χ1v) is 6.82. The van der Waals surface area contributed by atoms with E-state index in [4.69, 9.17) is 9.47 Å². The molecular formula is C15H22O4. The third-order valence-corrected chi connectivity index (χ3v) is 3.62. The van der Waals surface area contributed by atoms with E-state index < -0.39 is 12.2 Å². The summed E-state index contributed by atoms with van der Waals surface area (Å²) >= 11 is 0. The predicted molar refractivity (Wildman–Crippen MR) is 72.5 cm³/mol. The number of aliphatic hydroxyl groups is 2. The lowest BCUT2D eigenvalue weighted by Gasteiger charge is -2.29. The molecule has 0 spiro atoms. The van der Waals surface area contributed by atoms with Crippen molar-refractivity contribution in [1.29, 1.82) is 0 Å². The fourth-order valence-corrected chi connectivity index (χ4v) is 2.47. The van der Waals surface area contributed by atoms with Gasteiger partial charge in [-0.05, 0) is 38.3 Å². The number of rotatable bonds is 4. The third kappa shape index (κ3) is 3.39. The van der Waals surface area contributed by atoms with Gasteiger partial charge < -0.3 is 19.7 Å². The molecule has 106 valence electrons. The molecule has 19 heavy (non-hydrogen) atoms. The van der Waals surface area contributed by atoms with Crippen molar-refractivity contribution in [3.05, 3.63) is 23.8 Å². The zero-order chi connectivity index (χ0) is 13.8. The summed E-state index contributed by atoms with van der Waals surface area (Å²) in [6.45, 7) is 1.70. The molecule has 0 aliphatic heterocycles. The van der Waals surface area contributed by atoms with E-state index in [-0.39, 0.29) is 6.10 Å². The maximum absolute atomic E-state index is 9.97. The monoisotopic (exact) mass is 266 g/mol. The van der Waals surface area contributed by atoms with Crippen molar-refractivity contribution in [3.63, 3.8) is 0 Å². The molecule has 2 N–H and O–H groups in total. The molecule has 0 aromatic heterocycles. The molecule has 0 heterocycles. The highest BCUT2D eigenvalue weighted by Gasteiger charge is 2.26. The summed E-state index contributed by atoms with van der Waals surface area (Å²) in [6.07, 6.45) is 2.50. The zero-order valence-electron chi connectivity index (χ0n) is 11.5. The first-order valence-electron chi connectivity index (χ1n) is 6.82. The van der Waals surface area contributed by atoms with Crippen LogP contribution in [0.5, 0.6) is 11.5 Å². The van der Waals surface area contributed by atoms with Crippen LogP contribution in [0.25, 0.3) is 0 Å². The molecule has 2 rings (SSSR count). The molecule has 0 bridgehead atoms. The first kappa shape index (κ1) is 14.2. The molecular weight excluding hydrogens is 244 g/mol. The number of aliphatic hydroxyl groups excluding tert-OH is 2. The number of hydrogen-bond acceptors (Lipinski definition) is 4. The van der Waals surface area contributed by atoms with Crippen LogP contribution in [0.15, 0.2) is 18.2 Å². The van der Waals surface area contributed by atoms with Gasteiger partial charge in [-0.3, -0.25) is 0 Å². The van der Waals surface area contributed by atoms with Gasteiger partial charge in [-0.2, -0.15) is 0 Å². The van der Waals surface area contributed by atoms with Crippen LogP contribution in [0.2, 0.25) is 0 Å². The summed E-state index contributed by atoms with van der Waals surface area (Å²) in [7, 11) is 1.59. The molecule has 2 unspecified atom stereocenters. The summed E-state index contributed by atoms with van der Waals surface area (Å²) in [6, 6.07) is 5.36. The topological polar surface area (TPSA) is 58.9 Å². The molecule has 4 heteroatoms. The molecule has 1 aromatic carbocycles. The summed E-state index contributed by atoms with van der Waals surface area (Å²) < 4.78 is 11.1. The van der Waals surface area contributed by atoms with Gasteiger partial charge >= 0.3 is 0 Å². The van der Waals surface area contributed by atoms with Crippen LogP contribution in [0.1, 0.15) is 44.3 Å². The first-order chi connectivity index (χ1) is 9.11. The zero-order valence-corrected chi connectivity index (χ0v) is 11.5. The summed E-state index contributed by atoms with van der Waals surface area (Å²) in [5.74, 6) is 1.28. The molecule has 1 saturated carbocycles. The standard InChI is InChI=1S/C15H22O4/c1-10(16)12-8-7-11(18-2)9-15(12)19-14-6-4-3-5-13(14)17/h7-10,13-14,16-17H,3-6H2,1-2H3/t10-,13?,14?/m0/s1. The Balaban J connectivity index is 2.21. The number of hydrogen-bond donors (Lipinski definition) is 2. The molecule has 3 atom stereocenters. The van der Waals surface area contributed by atoms with Gasteiger partial charge in [0.2, 0.25) is 0 Å². The molecule has 4 nitrogen and oxygen atoms in total. The third-order valence-electron chi connectivity index (χ3n) is 3.62. The van der Waals surface area contributed by atoms with E-state index in [0.717, 1.165) is 31.2 Å². The van der Waals surface area contributed by atoms with Crippen molar-refractivity contribution >= 4 is 0 Å². The minimum atomic E-state index is -0.610. The highest BCUT2D eigenvalue weighted by atomic mass is 16.5. The van der Waals surface area contributed by atoms with Crippen LogP contribution in [0, 0.1) is 0 Å². The second kappa shape index (κ2) is 6.26.